The molecule has 5 heteroatoms. The Kier molecular flexibility index (Phi) is 4.11. The molecule has 0 spiro atoms. The summed E-state index contributed by atoms with van der Waals surface area (Å²) >= 11 is 0. The summed E-state index contributed by atoms with van der Waals surface area (Å²) in [6, 6.07) is 3.72. The smallest absolute Gasteiger partial charge is 0.134 e. The predicted molar refractivity (Wildman–Crippen MR) is 74.0 cm³/mol. The van der Waals surface area contributed by atoms with Gasteiger partial charge in [0.15, 0.2) is 0 Å². The van der Waals surface area contributed by atoms with Gasteiger partial charge in [-0.2, -0.15) is 0 Å². The highest BCUT2D eigenvalue weighted by molar-refractivity contribution is 5.37. The van der Waals surface area contributed by atoms with Crippen molar-refractivity contribution in [3.8, 4) is 0 Å². The van der Waals surface area contributed by atoms with Crippen LogP contribution in [0.15, 0.2) is 24.4 Å². The quantitative estimate of drug-likeness (QED) is 0.670. The van der Waals surface area contributed by atoms with Gasteiger partial charge in [-0.25, -0.2) is 14.2 Å². The highest BCUT2D eigenvalue weighted by Gasteiger charge is 2.24. The molecule has 0 aliphatic carbocycles. The fourth-order valence-electron chi connectivity index (χ4n) is 2.27. The van der Waals surface area contributed by atoms with E-state index in [1.54, 1.807) is 13.1 Å². The Labute approximate surface area is 116 Å². The van der Waals surface area contributed by atoms with Gasteiger partial charge < -0.3 is 0 Å². The van der Waals surface area contributed by atoms with Crippen LogP contribution in [0.25, 0.3) is 0 Å². The molecule has 0 fully saturated rings. The summed E-state index contributed by atoms with van der Waals surface area (Å²) in [6.07, 6.45) is 1.65. The number of benzene rings is 1. The average Bonchev–Trinajstić information content (AvgIpc) is 2.40. The van der Waals surface area contributed by atoms with E-state index < -0.39 is 17.7 Å². The van der Waals surface area contributed by atoms with Gasteiger partial charge in [0.2, 0.25) is 0 Å². The number of aromatic nitrogens is 1. The van der Waals surface area contributed by atoms with Crippen molar-refractivity contribution in [1.82, 2.24) is 10.4 Å². The van der Waals surface area contributed by atoms with Crippen LogP contribution in [-0.4, -0.2) is 4.98 Å². The number of aryl methyl sites for hydroxylation is 3. The summed E-state index contributed by atoms with van der Waals surface area (Å²) in [7, 11) is 0. The lowest BCUT2D eigenvalue weighted by molar-refractivity contribution is 0.500. The second kappa shape index (κ2) is 5.64. The van der Waals surface area contributed by atoms with Crippen LogP contribution in [-0.2, 0) is 0 Å². The van der Waals surface area contributed by atoms with Crippen LogP contribution in [0, 0.1) is 32.4 Å². The fraction of sp³-hybridized carbons (Fsp3) is 0.267. The molecular formula is C15H17F2N3. The molecule has 0 aliphatic heterocycles. The first-order valence-corrected chi connectivity index (χ1v) is 6.29. The second-order valence-electron chi connectivity index (χ2n) is 4.91. The van der Waals surface area contributed by atoms with Crippen molar-refractivity contribution >= 4 is 0 Å². The summed E-state index contributed by atoms with van der Waals surface area (Å²) in [5, 5.41) is 0. The maximum atomic E-state index is 14.2. The first-order valence-electron chi connectivity index (χ1n) is 6.29. The molecule has 106 valence electrons. The Bertz CT molecular complexity index is 641. The maximum Gasteiger partial charge on any atom is 0.134 e. The van der Waals surface area contributed by atoms with Crippen molar-refractivity contribution in [2.45, 2.75) is 26.8 Å². The van der Waals surface area contributed by atoms with Crippen molar-refractivity contribution in [3.05, 3.63) is 64.0 Å². The zero-order chi connectivity index (χ0) is 14.9. The molecule has 2 aromatic rings. The van der Waals surface area contributed by atoms with E-state index in [1.807, 2.05) is 19.9 Å². The normalized spacial score (nSPS) is 12.5. The molecule has 0 amide bonds. The van der Waals surface area contributed by atoms with Crippen LogP contribution in [0.5, 0.6) is 0 Å². The van der Waals surface area contributed by atoms with Crippen molar-refractivity contribution in [3.63, 3.8) is 0 Å². The van der Waals surface area contributed by atoms with E-state index in [-0.39, 0.29) is 5.56 Å². The largest absolute Gasteiger partial charge is 0.271 e. The van der Waals surface area contributed by atoms with Gasteiger partial charge in [-0.3, -0.25) is 10.8 Å². The van der Waals surface area contributed by atoms with Gasteiger partial charge in [0.05, 0.1) is 11.7 Å². The Morgan fingerprint density at radius 2 is 1.85 bits per heavy atom. The third-order valence-electron chi connectivity index (χ3n) is 3.30. The summed E-state index contributed by atoms with van der Waals surface area (Å²) in [5.74, 6) is 4.27. The first-order chi connectivity index (χ1) is 9.45. The van der Waals surface area contributed by atoms with E-state index in [1.165, 1.54) is 12.1 Å². The zero-order valence-electron chi connectivity index (χ0n) is 11.7. The molecule has 1 heterocycles. The number of nitrogens with two attached hydrogens (primary N) is 1. The van der Waals surface area contributed by atoms with Gasteiger partial charge in [0, 0.05) is 11.8 Å². The van der Waals surface area contributed by atoms with Crippen molar-refractivity contribution in [1.29, 1.82) is 0 Å². The molecule has 3 nitrogen and oxygen atoms in total. The topological polar surface area (TPSA) is 50.9 Å². The molecule has 0 saturated heterocycles. The van der Waals surface area contributed by atoms with E-state index in [0.717, 1.165) is 11.1 Å². The minimum absolute atomic E-state index is 0.105. The Balaban J connectivity index is 2.61. The lowest BCUT2D eigenvalue weighted by Gasteiger charge is -2.20. The number of hydrogen-bond donors (Lipinski definition) is 2. The van der Waals surface area contributed by atoms with E-state index in [0.29, 0.717) is 11.3 Å². The molecule has 0 saturated carbocycles. The summed E-state index contributed by atoms with van der Waals surface area (Å²) < 4.78 is 28.2. The van der Waals surface area contributed by atoms with Gasteiger partial charge >= 0.3 is 0 Å². The van der Waals surface area contributed by atoms with Crippen LogP contribution in [0.4, 0.5) is 8.78 Å². The molecule has 20 heavy (non-hydrogen) atoms. The molecule has 1 unspecified atom stereocenters. The van der Waals surface area contributed by atoms with Gasteiger partial charge in [-0.05, 0) is 43.5 Å². The molecule has 3 N–H and O–H groups in total. The number of hydrazine groups is 1. The molecular weight excluding hydrogens is 260 g/mol. The van der Waals surface area contributed by atoms with Crippen molar-refractivity contribution in [2.75, 3.05) is 0 Å². The van der Waals surface area contributed by atoms with Gasteiger partial charge in [0.1, 0.15) is 11.6 Å². The lowest BCUT2D eigenvalue weighted by Crippen LogP contribution is -2.31. The van der Waals surface area contributed by atoms with E-state index in [9.17, 15) is 8.78 Å². The van der Waals surface area contributed by atoms with Crippen molar-refractivity contribution in [2.24, 2.45) is 5.84 Å². The molecule has 1 atom stereocenters. The van der Waals surface area contributed by atoms with Gasteiger partial charge in [-0.1, -0.05) is 12.1 Å². The standard InChI is InChI=1S/C15H17F2N3/c1-8-6-10(3)14(19-7-8)15(20-18)12-11(16)5-4-9(2)13(12)17/h4-7,15,20H,18H2,1-3H3. The number of hydrogen-bond acceptors (Lipinski definition) is 3. The number of pyridine rings is 1. The third kappa shape index (κ3) is 2.55. The van der Waals surface area contributed by atoms with Crippen LogP contribution in [0.1, 0.15) is 34.0 Å². The van der Waals surface area contributed by atoms with E-state index in [2.05, 4.69) is 10.4 Å². The Morgan fingerprint density at radius 1 is 1.15 bits per heavy atom. The monoisotopic (exact) mass is 277 g/mol. The Hall–Kier alpha value is -1.85. The summed E-state index contributed by atoms with van der Waals surface area (Å²) in [5.41, 5.74) is 5.04. The lowest BCUT2D eigenvalue weighted by atomic mass is 9.97. The SMILES string of the molecule is Cc1cnc(C(NN)c2c(F)ccc(C)c2F)c(C)c1. The molecule has 1 aromatic carbocycles. The number of halogens is 2. The number of nitrogens with zero attached hydrogens (tertiary/aromatic N) is 1. The summed E-state index contributed by atoms with van der Waals surface area (Å²) in [6.45, 7) is 5.33. The first kappa shape index (κ1) is 14.6. The fourth-order valence-corrected chi connectivity index (χ4v) is 2.27. The molecule has 1 aromatic heterocycles. The van der Waals surface area contributed by atoms with Crippen LogP contribution < -0.4 is 11.3 Å². The molecule has 2 rings (SSSR count). The van der Waals surface area contributed by atoms with Crippen LogP contribution >= 0.6 is 0 Å². The van der Waals surface area contributed by atoms with Crippen LogP contribution in [0.3, 0.4) is 0 Å². The second-order valence-corrected chi connectivity index (χ2v) is 4.91. The summed E-state index contributed by atoms with van der Waals surface area (Å²) in [4.78, 5) is 4.26. The van der Waals surface area contributed by atoms with Gasteiger partial charge in [0.25, 0.3) is 0 Å². The number of nitrogens with one attached hydrogen (secondary N) is 1. The predicted octanol–water partition coefficient (Wildman–Crippen LogP) is 2.84. The zero-order valence-corrected chi connectivity index (χ0v) is 11.7. The van der Waals surface area contributed by atoms with Crippen molar-refractivity contribution < 1.29 is 8.78 Å². The molecule has 0 bridgehead atoms. The van der Waals surface area contributed by atoms with Gasteiger partial charge in [-0.15, -0.1) is 0 Å². The minimum atomic E-state index is -0.824. The average molecular weight is 277 g/mol. The number of rotatable bonds is 3. The Morgan fingerprint density at radius 3 is 2.45 bits per heavy atom. The maximum absolute atomic E-state index is 14.2. The third-order valence-corrected chi connectivity index (χ3v) is 3.30. The highest BCUT2D eigenvalue weighted by atomic mass is 19.1. The van der Waals surface area contributed by atoms with E-state index in [4.69, 9.17) is 5.84 Å². The molecule has 0 aliphatic rings. The minimum Gasteiger partial charge on any atom is -0.271 e. The molecule has 0 radical (unpaired) electrons. The van der Waals surface area contributed by atoms with Crippen LogP contribution in [0.2, 0.25) is 0 Å². The highest BCUT2D eigenvalue weighted by Crippen LogP contribution is 2.28. The van der Waals surface area contributed by atoms with E-state index >= 15 is 0 Å².